The molecule has 90 valence electrons. The first kappa shape index (κ1) is 13.3. The van der Waals surface area contributed by atoms with E-state index in [1.165, 1.54) is 24.8 Å². The van der Waals surface area contributed by atoms with Gasteiger partial charge in [0, 0.05) is 6.04 Å². The van der Waals surface area contributed by atoms with Crippen molar-refractivity contribution in [1.82, 2.24) is 0 Å². The highest BCUT2D eigenvalue weighted by Crippen LogP contribution is 2.37. The molecular weight excluding hydrogens is 222 g/mol. The van der Waals surface area contributed by atoms with Gasteiger partial charge in [-0.3, -0.25) is 0 Å². The number of nitrogens with two attached hydrogens (primary N) is 1. The number of phenolic OH excluding ortho intramolecular Hbond substituents is 1. The molecule has 1 fully saturated rings. The summed E-state index contributed by atoms with van der Waals surface area (Å²) in [5.41, 5.74) is 9.24. The summed E-state index contributed by atoms with van der Waals surface area (Å²) in [6.07, 6.45) is 3.81. The van der Waals surface area contributed by atoms with Crippen molar-refractivity contribution in [1.29, 1.82) is 0 Å². The van der Waals surface area contributed by atoms with Crippen LogP contribution in [0.25, 0.3) is 0 Å². The Morgan fingerprint density at radius 1 is 1.25 bits per heavy atom. The predicted molar refractivity (Wildman–Crippen MR) is 69.1 cm³/mol. The molecule has 3 N–H and O–H groups in total. The lowest BCUT2D eigenvalue weighted by Gasteiger charge is -2.31. The number of benzene rings is 1. The zero-order chi connectivity index (χ0) is 11.0. The smallest absolute Gasteiger partial charge is 0.121 e. The van der Waals surface area contributed by atoms with E-state index in [2.05, 4.69) is 0 Å². The van der Waals surface area contributed by atoms with Crippen molar-refractivity contribution in [3.8, 4) is 5.75 Å². The van der Waals surface area contributed by atoms with Gasteiger partial charge < -0.3 is 10.8 Å². The molecule has 0 heterocycles. The van der Waals surface area contributed by atoms with E-state index >= 15 is 0 Å². The van der Waals surface area contributed by atoms with Crippen LogP contribution in [0.3, 0.4) is 0 Å². The van der Waals surface area contributed by atoms with Gasteiger partial charge in [0.05, 0.1) is 0 Å². The Labute approximate surface area is 103 Å². The van der Waals surface area contributed by atoms with Crippen LogP contribution < -0.4 is 5.73 Å². The third-order valence-electron chi connectivity index (χ3n) is 3.56. The van der Waals surface area contributed by atoms with Crippen LogP contribution in [-0.4, -0.2) is 5.11 Å². The van der Waals surface area contributed by atoms with Crippen LogP contribution in [0.4, 0.5) is 0 Å². The van der Waals surface area contributed by atoms with Gasteiger partial charge in [0.2, 0.25) is 0 Å². The fourth-order valence-corrected chi connectivity index (χ4v) is 2.25. The van der Waals surface area contributed by atoms with E-state index in [0.717, 1.165) is 11.1 Å². The van der Waals surface area contributed by atoms with E-state index in [4.69, 9.17) is 5.73 Å². The first-order valence-corrected chi connectivity index (χ1v) is 5.65. The van der Waals surface area contributed by atoms with Crippen LogP contribution in [0, 0.1) is 19.8 Å². The molecule has 0 spiro atoms. The molecule has 0 unspecified atom stereocenters. The average molecular weight is 242 g/mol. The lowest BCUT2D eigenvalue weighted by atomic mass is 9.77. The molecule has 0 saturated heterocycles. The van der Waals surface area contributed by atoms with Crippen LogP contribution in [0.5, 0.6) is 5.75 Å². The number of hydrogen-bond acceptors (Lipinski definition) is 2. The molecule has 1 aliphatic carbocycles. The second-order valence-corrected chi connectivity index (χ2v) is 4.72. The summed E-state index contributed by atoms with van der Waals surface area (Å²) in [6, 6.07) is 4.19. The summed E-state index contributed by atoms with van der Waals surface area (Å²) < 4.78 is 0. The molecule has 1 aromatic rings. The number of aromatic hydroxyl groups is 1. The minimum atomic E-state index is 0. The van der Waals surface area contributed by atoms with E-state index in [0.29, 0.717) is 11.7 Å². The van der Waals surface area contributed by atoms with Crippen molar-refractivity contribution in [2.45, 2.75) is 39.2 Å². The Kier molecular flexibility index (Phi) is 4.22. The first-order valence-electron chi connectivity index (χ1n) is 5.65. The minimum absolute atomic E-state index is 0. The molecule has 0 radical (unpaired) electrons. The first-order chi connectivity index (χ1) is 7.09. The van der Waals surface area contributed by atoms with Gasteiger partial charge in [0.1, 0.15) is 5.75 Å². The monoisotopic (exact) mass is 241 g/mol. The molecule has 1 aliphatic rings. The summed E-state index contributed by atoms with van der Waals surface area (Å²) in [4.78, 5) is 0. The molecule has 2 nitrogen and oxygen atoms in total. The molecule has 1 saturated carbocycles. The molecule has 1 atom stereocenters. The Hall–Kier alpha value is -0.730. The number of aryl methyl sites for hydroxylation is 2. The molecule has 2 rings (SSSR count). The quantitative estimate of drug-likeness (QED) is 0.835. The largest absolute Gasteiger partial charge is 0.507 e. The topological polar surface area (TPSA) is 46.2 Å². The maximum atomic E-state index is 9.68. The molecule has 0 aliphatic heterocycles. The van der Waals surface area contributed by atoms with Gasteiger partial charge in [-0.05, 0) is 49.3 Å². The van der Waals surface area contributed by atoms with E-state index in [9.17, 15) is 5.11 Å². The van der Waals surface area contributed by atoms with Gasteiger partial charge in [0.15, 0.2) is 0 Å². The van der Waals surface area contributed by atoms with Crippen LogP contribution in [-0.2, 0) is 0 Å². The number of halogens is 1. The normalized spacial score (nSPS) is 17.4. The molecule has 16 heavy (non-hydrogen) atoms. The predicted octanol–water partition coefficient (Wildman–Crippen LogP) is 3.23. The number of phenols is 1. The minimum Gasteiger partial charge on any atom is -0.507 e. The number of hydrogen-bond donors (Lipinski definition) is 2. The van der Waals surface area contributed by atoms with Crippen molar-refractivity contribution < 1.29 is 5.11 Å². The Balaban J connectivity index is 0.00000128. The van der Waals surface area contributed by atoms with Crippen LogP contribution >= 0.6 is 12.4 Å². The third kappa shape index (κ3) is 2.33. The summed E-state index contributed by atoms with van der Waals surface area (Å²) in [7, 11) is 0. The van der Waals surface area contributed by atoms with Crippen molar-refractivity contribution in [3.05, 3.63) is 28.8 Å². The molecule has 3 heteroatoms. The fraction of sp³-hybridized carbons (Fsp3) is 0.538. The Bertz CT molecular complexity index is 351. The SMILES string of the molecule is Cc1cc([C@@H](N)C2CCC2)cc(C)c1O.Cl. The van der Waals surface area contributed by atoms with Gasteiger partial charge >= 0.3 is 0 Å². The van der Waals surface area contributed by atoms with Crippen molar-refractivity contribution >= 4 is 12.4 Å². The molecule has 0 aromatic heterocycles. The lowest BCUT2D eigenvalue weighted by Crippen LogP contribution is -2.26. The van der Waals surface area contributed by atoms with Gasteiger partial charge in [-0.1, -0.05) is 18.6 Å². The second-order valence-electron chi connectivity index (χ2n) is 4.72. The van der Waals surface area contributed by atoms with Crippen molar-refractivity contribution in [2.24, 2.45) is 11.7 Å². The highest BCUT2D eigenvalue weighted by Gasteiger charge is 2.25. The van der Waals surface area contributed by atoms with E-state index in [-0.39, 0.29) is 18.4 Å². The highest BCUT2D eigenvalue weighted by atomic mass is 35.5. The van der Waals surface area contributed by atoms with Crippen molar-refractivity contribution in [2.75, 3.05) is 0 Å². The van der Waals surface area contributed by atoms with Crippen LogP contribution in [0.1, 0.15) is 42.0 Å². The number of rotatable bonds is 2. The zero-order valence-electron chi connectivity index (χ0n) is 9.86. The van der Waals surface area contributed by atoms with E-state index in [1.807, 2.05) is 26.0 Å². The van der Waals surface area contributed by atoms with Crippen molar-refractivity contribution in [3.63, 3.8) is 0 Å². The lowest BCUT2D eigenvalue weighted by molar-refractivity contribution is 0.264. The molecule has 0 amide bonds. The average Bonchev–Trinajstić information content (AvgIpc) is 2.10. The summed E-state index contributed by atoms with van der Waals surface area (Å²) in [5, 5.41) is 9.68. The summed E-state index contributed by atoms with van der Waals surface area (Å²) in [5.74, 6) is 1.05. The molecule has 0 bridgehead atoms. The fourth-order valence-electron chi connectivity index (χ4n) is 2.25. The Morgan fingerprint density at radius 2 is 1.75 bits per heavy atom. The maximum absolute atomic E-state index is 9.68. The summed E-state index contributed by atoms with van der Waals surface area (Å²) >= 11 is 0. The second kappa shape index (κ2) is 5.07. The molecule has 1 aromatic carbocycles. The molecular formula is C13H20ClNO. The van der Waals surface area contributed by atoms with Gasteiger partial charge in [-0.2, -0.15) is 0 Å². The van der Waals surface area contributed by atoms with Gasteiger partial charge in [0.25, 0.3) is 0 Å². The third-order valence-corrected chi connectivity index (χ3v) is 3.56. The maximum Gasteiger partial charge on any atom is 0.121 e. The van der Waals surface area contributed by atoms with E-state index < -0.39 is 0 Å². The van der Waals surface area contributed by atoms with Gasteiger partial charge in [-0.25, -0.2) is 0 Å². The van der Waals surface area contributed by atoms with Crippen LogP contribution in [0.15, 0.2) is 12.1 Å². The highest BCUT2D eigenvalue weighted by molar-refractivity contribution is 5.85. The standard InChI is InChI=1S/C13H19NO.ClH/c1-8-6-11(7-9(2)13(8)15)12(14)10-4-3-5-10;/h6-7,10,12,15H,3-5,14H2,1-2H3;1H/t12-;/m0./s1. The Morgan fingerprint density at radius 3 is 2.12 bits per heavy atom. The van der Waals surface area contributed by atoms with E-state index in [1.54, 1.807) is 0 Å². The zero-order valence-corrected chi connectivity index (χ0v) is 10.7. The van der Waals surface area contributed by atoms with Crippen LogP contribution in [0.2, 0.25) is 0 Å². The summed E-state index contributed by atoms with van der Waals surface area (Å²) in [6.45, 7) is 3.86. The van der Waals surface area contributed by atoms with Gasteiger partial charge in [-0.15, -0.1) is 12.4 Å².